The van der Waals surface area contributed by atoms with Crippen LogP contribution in [0.5, 0.6) is 0 Å². The molecular weight excluding hydrogens is 292 g/mol. The average Bonchev–Trinajstić information content (AvgIpc) is 2.84. The van der Waals surface area contributed by atoms with E-state index >= 15 is 0 Å². The molecule has 3 saturated heterocycles. The van der Waals surface area contributed by atoms with E-state index in [0.717, 1.165) is 11.5 Å². The van der Waals surface area contributed by atoms with E-state index in [9.17, 15) is 0 Å². The molecule has 3 aliphatic rings. The zero-order chi connectivity index (χ0) is 15.3. The number of fused-ring (bicyclic) bond motifs is 3. The SMILES string of the molecule is C=CCSC[C@H]1O[C@@H]2OC(C)(C)O[C@@H]2[C@H]2OC(C)(C)O[C@H]21. The third-order valence-electron chi connectivity index (χ3n) is 3.77. The molecule has 21 heavy (non-hydrogen) atoms. The Labute approximate surface area is 130 Å². The molecule has 0 aromatic carbocycles. The van der Waals surface area contributed by atoms with Crippen molar-refractivity contribution in [2.75, 3.05) is 11.5 Å². The van der Waals surface area contributed by atoms with Crippen LogP contribution in [0.25, 0.3) is 0 Å². The lowest BCUT2D eigenvalue weighted by Crippen LogP contribution is -2.55. The van der Waals surface area contributed by atoms with Crippen molar-refractivity contribution in [3.05, 3.63) is 12.7 Å². The van der Waals surface area contributed by atoms with Crippen LogP contribution in [0.2, 0.25) is 0 Å². The molecule has 3 rings (SSSR count). The Bertz CT molecular complexity index is 411. The molecule has 0 amide bonds. The van der Waals surface area contributed by atoms with Crippen LogP contribution in [0, 0.1) is 0 Å². The van der Waals surface area contributed by atoms with Crippen LogP contribution in [0.1, 0.15) is 27.7 Å². The summed E-state index contributed by atoms with van der Waals surface area (Å²) >= 11 is 1.77. The Morgan fingerprint density at radius 2 is 1.57 bits per heavy atom. The Hall–Kier alpha value is -0.110. The minimum Gasteiger partial charge on any atom is -0.343 e. The third-order valence-corrected chi connectivity index (χ3v) is 4.80. The van der Waals surface area contributed by atoms with Gasteiger partial charge in [0.05, 0.1) is 6.10 Å². The molecule has 120 valence electrons. The number of hydrogen-bond acceptors (Lipinski definition) is 6. The molecule has 0 unspecified atom stereocenters. The number of ether oxygens (including phenoxy) is 5. The minimum atomic E-state index is -0.654. The van der Waals surface area contributed by atoms with E-state index in [1.54, 1.807) is 11.8 Å². The highest BCUT2D eigenvalue weighted by Crippen LogP contribution is 2.44. The normalized spacial score (nSPS) is 43.3. The van der Waals surface area contributed by atoms with Gasteiger partial charge in [0.15, 0.2) is 17.9 Å². The molecule has 3 aliphatic heterocycles. The van der Waals surface area contributed by atoms with Crippen molar-refractivity contribution in [1.82, 2.24) is 0 Å². The molecular formula is C15H24O5S. The highest BCUT2D eigenvalue weighted by Gasteiger charge is 2.60. The first-order chi connectivity index (χ1) is 9.81. The predicted molar refractivity (Wildman–Crippen MR) is 80.0 cm³/mol. The minimum absolute atomic E-state index is 0.0690. The van der Waals surface area contributed by atoms with Crippen LogP contribution in [-0.2, 0) is 23.7 Å². The monoisotopic (exact) mass is 316 g/mol. The van der Waals surface area contributed by atoms with Crippen LogP contribution in [0.4, 0.5) is 0 Å². The molecule has 0 aliphatic carbocycles. The molecule has 5 atom stereocenters. The number of rotatable bonds is 4. The maximum atomic E-state index is 6.09. The highest BCUT2D eigenvalue weighted by molar-refractivity contribution is 7.99. The van der Waals surface area contributed by atoms with E-state index in [2.05, 4.69) is 6.58 Å². The average molecular weight is 316 g/mol. The molecule has 3 heterocycles. The van der Waals surface area contributed by atoms with Gasteiger partial charge in [-0.05, 0) is 27.7 Å². The molecule has 0 N–H and O–H groups in total. The Morgan fingerprint density at radius 3 is 2.29 bits per heavy atom. The van der Waals surface area contributed by atoms with Crippen LogP contribution in [-0.4, -0.2) is 53.8 Å². The van der Waals surface area contributed by atoms with Gasteiger partial charge in [0.25, 0.3) is 0 Å². The lowest BCUT2D eigenvalue weighted by atomic mass is 10.00. The fraction of sp³-hybridized carbons (Fsp3) is 0.867. The molecule has 0 aromatic heterocycles. The smallest absolute Gasteiger partial charge is 0.190 e. The summed E-state index contributed by atoms with van der Waals surface area (Å²) in [7, 11) is 0. The molecule has 0 spiro atoms. The van der Waals surface area contributed by atoms with E-state index < -0.39 is 17.9 Å². The van der Waals surface area contributed by atoms with Crippen molar-refractivity contribution in [2.24, 2.45) is 0 Å². The quantitative estimate of drug-likeness (QED) is 0.586. The second-order valence-electron chi connectivity index (χ2n) is 6.53. The maximum absolute atomic E-state index is 6.09. The van der Waals surface area contributed by atoms with Gasteiger partial charge in [-0.2, -0.15) is 11.8 Å². The summed E-state index contributed by atoms with van der Waals surface area (Å²) in [6.07, 6.45) is 0.897. The second kappa shape index (κ2) is 5.51. The zero-order valence-corrected chi connectivity index (χ0v) is 13.9. The fourth-order valence-electron chi connectivity index (χ4n) is 3.10. The largest absolute Gasteiger partial charge is 0.343 e. The fourth-order valence-corrected chi connectivity index (χ4v) is 3.90. The van der Waals surface area contributed by atoms with Gasteiger partial charge in [-0.15, -0.1) is 6.58 Å². The Morgan fingerprint density at radius 1 is 0.952 bits per heavy atom. The third kappa shape index (κ3) is 3.16. The van der Waals surface area contributed by atoms with E-state index in [4.69, 9.17) is 23.7 Å². The molecule has 0 aromatic rings. The Balaban J connectivity index is 1.76. The van der Waals surface area contributed by atoms with Gasteiger partial charge in [-0.25, -0.2) is 0 Å². The maximum Gasteiger partial charge on any atom is 0.190 e. The zero-order valence-electron chi connectivity index (χ0n) is 13.0. The summed E-state index contributed by atoms with van der Waals surface area (Å²) < 4.78 is 30.0. The van der Waals surface area contributed by atoms with Gasteiger partial charge < -0.3 is 23.7 Å². The summed E-state index contributed by atoms with van der Waals surface area (Å²) in [5, 5.41) is 0. The van der Waals surface area contributed by atoms with Crippen molar-refractivity contribution in [3.8, 4) is 0 Å². The molecule has 5 nitrogen and oxygen atoms in total. The van der Waals surface area contributed by atoms with Gasteiger partial charge in [0.2, 0.25) is 0 Å². The van der Waals surface area contributed by atoms with Gasteiger partial charge in [0.1, 0.15) is 18.3 Å². The first-order valence-electron chi connectivity index (χ1n) is 7.37. The summed E-state index contributed by atoms with van der Waals surface area (Å²) in [4.78, 5) is 0. The first kappa shape index (κ1) is 15.8. The van der Waals surface area contributed by atoms with Crippen molar-refractivity contribution < 1.29 is 23.7 Å². The molecule has 0 saturated carbocycles. The second-order valence-corrected chi connectivity index (χ2v) is 7.61. The van der Waals surface area contributed by atoms with Crippen molar-refractivity contribution in [1.29, 1.82) is 0 Å². The van der Waals surface area contributed by atoms with Crippen LogP contribution in [0.3, 0.4) is 0 Å². The van der Waals surface area contributed by atoms with E-state index in [-0.39, 0.29) is 24.4 Å². The first-order valence-corrected chi connectivity index (χ1v) is 8.52. The molecule has 0 radical (unpaired) electrons. The standard InChI is InChI=1S/C15H24O5S/c1-6-7-21-8-9-10-11(18-14(2,3)17-10)12-13(16-9)20-15(4,5)19-12/h6,9-13H,1,7-8H2,2-5H3/t9-,10+,11+,12-,13-/m1/s1. The van der Waals surface area contributed by atoms with Gasteiger partial charge in [-0.3, -0.25) is 0 Å². The summed E-state index contributed by atoms with van der Waals surface area (Å²) in [5.41, 5.74) is 0. The van der Waals surface area contributed by atoms with Gasteiger partial charge in [-0.1, -0.05) is 6.08 Å². The van der Waals surface area contributed by atoms with Gasteiger partial charge in [0, 0.05) is 11.5 Å². The van der Waals surface area contributed by atoms with E-state index in [1.165, 1.54) is 0 Å². The highest BCUT2D eigenvalue weighted by atomic mass is 32.2. The van der Waals surface area contributed by atoms with Crippen molar-refractivity contribution in [3.63, 3.8) is 0 Å². The summed E-state index contributed by atoms with van der Waals surface area (Å²) in [5.74, 6) is 0.433. The number of thioether (sulfide) groups is 1. The summed E-state index contributed by atoms with van der Waals surface area (Å²) in [6.45, 7) is 11.4. The lowest BCUT2D eigenvalue weighted by Gasteiger charge is -2.37. The number of hydrogen-bond donors (Lipinski definition) is 0. The summed E-state index contributed by atoms with van der Waals surface area (Å²) in [6, 6.07) is 0. The topological polar surface area (TPSA) is 46.2 Å². The molecule has 0 bridgehead atoms. The van der Waals surface area contributed by atoms with Crippen LogP contribution >= 0.6 is 11.8 Å². The van der Waals surface area contributed by atoms with Crippen LogP contribution < -0.4 is 0 Å². The van der Waals surface area contributed by atoms with E-state index in [1.807, 2.05) is 33.8 Å². The Kier molecular flexibility index (Phi) is 4.14. The van der Waals surface area contributed by atoms with Crippen molar-refractivity contribution >= 4 is 11.8 Å². The predicted octanol–water partition coefficient (Wildman–Crippen LogP) is 2.30. The molecule has 3 fully saturated rings. The molecule has 6 heteroatoms. The lowest BCUT2D eigenvalue weighted by molar-refractivity contribution is -0.228. The van der Waals surface area contributed by atoms with Gasteiger partial charge >= 0.3 is 0 Å². The van der Waals surface area contributed by atoms with E-state index in [0.29, 0.717) is 0 Å². The van der Waals surface area contributed by atoms with Crippen LogP contribution in [0.15, 0.2) is 12.7 Å². The van der Waals surface area contributed by atoms with Crippen molar-refractivity contribution in [2.45, 2.75) is 70.0 Å².